The van der Waals surface area contributed by atoms with Crippen LogP contribution in [0.1, 0.15) is 20.3 Å². The van der Waals surface area contributed by atoms with Crippen molar-refractivity contribution in [3.05, 3.63) is 23.8 Å². The lowest BCUT2D eigenvalue weighted by Gasteiger charge is -1.89. The quantitative estimate of drug-likeness (QED) is 0.388. The van der Waals surface area contributed by atoms with E-state index in [1.807, 2.05) is 13.0 Å². The standard InChI is InChI=1S/C9H12/c1-4-7-8-9(5-2)6-3/h1,5,7-8H,6H2,2-3H3/b8-7-,9-5-. The van der Waals surface area contributed by atoms with Gasteiger partial charge in [0.05, 0.1) is 0 Å². The Morgan fingerprint density at radius 1 is 1.67 bits per heavy atom. The molecule has 0 fully saturated rings. The van der Waals surface area contributed by atoms with Crippen molar-refractivity contribution in [1.82, 2.24) is 0 Å². The fraction of sp³-hybridized carbons (Fsp3) is 0.333. The van der Waals surface area contributed by atoms with Gasteiger partial charge >= 0.3 is 0 Å². The largest absolute Gasteiger partial charge is 0.115 e. The van der Waals surface area contributed by atoms with E-state index in [0.717, 1.165) is 6.42 Å². The van der Waals surface area contributed by atoms with Gasteiger partial charge in [-0.1, -0.05) is 30.6 Å². The summed E-state index contributed by atoms with van der Waals surface area (Å²) in [4.78, 5) is 0. The summed E-state index contributed by atoms with van der Waals surface area (Å²) in [5, 5.41) is 0. The zero-order chi connectivity index (χ0) is 7.11. The third kappa shape index (κ3) is 3.61. The first-order valence-corrected chi connectivity index (χ1v) is 3.13. The van der Waals surface area contributed by atoms with E-state index < -0.39 is 0 Å². The highest BCUT2D eigenvalue weighted by molar-refractivity contribution is 5.23. The van der Waals surface area contributed by atoms with Crippen LogP contribution >= 0.6 is 0 Å². The SMILES string of the molecule is C#C/C=C\C(=C/C)CC. The second kappa shape index (κ2) is 5.18. The molecular formula is C9H12. The number of hydrogen-bond acceptors (Lipinski definition) is 0. The summed E-state index contributed by atoms with van der Waals surface area (Å²) in [6.45, 7) is 4.12. The van der Waals surface area contributed by atoms with Gasteiger partial charge in [0, 0.05) is 0 Å². The van der Waals surface area contributed by atoms with Crippen molar-refractivity contribution < 1.29 is 0 Å². The van der Waals surface area contributed by atoms with Gasteiger partial charge in [-0.05, 0) is 19.4 Å². The van der Waals surface area contributed by atoms with Gasteiger partial charge in [-0.15, -0.1) is 6.42 Å². The molecule has 0 radical (unpaired) electrons. The van der Waals surface area contributed by atoms with Crippen molar-refractivity contribution in [1.29, 1.82) is 0 Å². The molecule has 48 valence electrons. The molecule has 0 unspecified atom stereocenters. The van der Waals surface area contributed by atoms with Gasteiger partial charge in [0.25, 0.3) is 0 Å². The van der Waals surface area contributed by atoms with Crippen LogP contribution in [0.2, 0.25) is 0 Å². The van der Waals surface area contributed by atoms with E-state index in [9.17, 15) is 0 Å². The third-order valence-corrected chi connectivity index (χ3v) is 1.17. The van der Waals surface area contributed by atoms with Crippen LogP contribution in [0.15, 0.2) is 23.8 Å². The molecule has 0 saturated heterocycles. The Morgan fingerprint density at radius 2 is 2.33 bits per heavy atom. The van der Waals surface area contributed by atoms with Crippen LogP contribution in [0.25, 0.3) is 0 Å². The molecular weight excluding hydrogens is 108 g/mol. The summed E-state index contributed by atoms with van der Waals surface area (Å²) in [5.74, 6) is 2.45. The maximum atomic E-state index is 5.02. The molecule has 0 atom stereocenters. The molecule has 0 nitrogen and oxygen atoms in total. The fourth-order valence-corrected chi connectivity index (χ4v) is 0.573. The van der Waals surface area contributed by atoms with E-state index in [1.165, 1.54) is 5.57 Å². The second-order valence-corrected chi connectivity index (χ2v) is 1.72. The molecule has 0 amide bonds. The summed E-state index contributed by atoms with van der Waals surface area (Å²) in [6, 6.07) is 0. The van der Waals surface area contributed by atoms with Gasteiger partial charge in [0.1, 0.15) is 0 Å². The van der Waals surface area contributed by atoms with Gasteiger partial charge in [-0.25, -0.2) is 0 Å². The van der Waals surface area contributed by atoms with Gasteiger partial charge < -0.3 is 0 Å². The summed E-state index contributed by atoms with van der Waals surface area (Å²) in [6.07, 6.45) is 11.8. The lowest BCUT2D eigenvalue weighted by Crippen LogP contribution is -1.70. The molecule has 0 aliphatic heterocycles. The minimum absolute atomic E-state index is 1.05. The number of hydrogen-bond donors (Lipinski definition) is 0. The normalized spacial score (nSPS) is 11.9. The lowest BCUT2D eigenvalue weighted by atomic mass is 10.2. The van der Waals surface area contributed by atoms with Crippen molar-refractivity contribution in [3.8, 4) is 12.3 Å². The van der Waals surface area contributed by atoms with Gasteiger partial charge in [-0.3, -0.25) is 0 Å². The smallest absolute Gasteiger partial charge is 0.0119 e. The minimum Gasteiger partial charge on any atom is -0.115 e. The van der Waals surface area contributed by atoms with E-state index in [2.05, 4.69) is 18.9 Å². The zero-order valence-corrected chi connectivity index (χ0v) is 6.02. The van der Waals surface area contributed by atoms with E-state index in [-0.39, 0.29) is 0 Å². The fourth-order valence-electron chi connectivity index (χ4n) is 0.573. The lowest BCUT2D eigenvalue weighted by molar-refractivity contribution is 1.14. The molecule has 0 rings (SSSR count). The average molecular weight is 120 g/mol. The Bertz CT molecular complexity index is 153. The summed E-state index contributed by atoms with van der Waals surface area (Å²) < 4.78 is 0. The van der Waals surface area contributed by atoms with Crippen LogP contribution in [0, 0.1) is 12.3 Å². The predicted octanol–water partition coefficient (Wildman–Crippen LogP) is 2.53. The van der Waals surface area contributed by atoms with E-state index in [0.29, 0.717) is 0 Å². The molecule has 0 saturated carbocycles. The monoisotopic (exact) mass is 120 g/mol. The molecule has 0 aromatic carbocycles. The first kappa shape index (κ1) is 8.04. The Labute approximate surface area is 57.3 Å². The molecule has 0 aromatic heterocycles. The van der Waals surface area contributed by atoms with E-state index in [4.69, 9.17) is 6.42 Å². The average Bonchev–Trinajstić information content (AvgIpc) is 1.91. The Hall–Kier alpha value is -0.960. The first-order chi connectivity index (χ1) is 4.35. The summed E-state index contributed by atoms with van der Waals surface area (Å²) >= 11 is 0. The number of allylic oxidation sites excluding steroid dienone is 4. The highest BCUT2D eigenvalue weighted by Gasteiger charge is 1.80. The predicted molar refractivity (Wildman–Crippen MR) is 42.0 cm³/mol. The molecule has 0 aromatic rings. The van der Waals surface area contributed by atoms with Crippen molar-refractivity contribution in [3.63, 3.8) is 0 Å². The van der Waals surface area contributed by atoms with Crippen LogP contribution in [-0.2, 0) is 0 Å². The van der Waals surface area contributed by atoms with Gasteiger partial charge in [0.2, 0.25) is 0 Å². The third-order valence-electron chi connectivity index (χ3n) is 1.17. The number of terminal acetylenes is 1. The van der Waals surface area contributed by atoms with Crippen molar-refractivity contribution >= 4 is 0 Å². The van der Waals surface area contributed by atoms with E-state index in [1.54, 1.807) is 6.08 Å². The molecule has 0 N–H and O–H groups in total. The topological polar surface area (TPSA) is 0 Å². The molecule has 9 heavy (non-hydrogen) atoms. The molecule has 0 spiro atoms. The molecule has 0 heterocycles. The maximum Gasteiger partial charge on any atom is -0.0119 e. The van der Waals surface area contributed by atoms with E-state index >= 15 is 0 Å². The Balaban J connectivity index is 3.89. The van der Waals surface area contributed by atoms with Crippen molar-refractivity contribution in [2.24, 2.45) is 0 Å². The second-order valence-electron chi connectivity index (χ2n) is 1.72. The van der Waals surface area contributed by atoms with Crippen LogP contribution in [0.5, 0.6) is 0 Å². The van der Waals surface area contributed by atoms with Crippen molar-refractivity contribution in [2.45, 2.75) is 20.3 Å². The van der Waals surface area contributed by atoms with Crippen LogP contribution < -0.4 is 0 Å². The van der Waals surface area contributed by atoms with Gasteiger partial charge in [0.15, 0.2) is 0 Å². The molecule has 0 heteroatoms. The van der Waals surface area contributed by atoms with Gasteiger partial charge in [-0.2, -0.15) is 0 Å². The Morgan fingerprint density at radius 3 is 2.67 bits per heavy atom. The summed E-state index contributed by atoms with van der Waals surface area (Å²) in [5.41, 5.74) is 1.29. The first-order valence-electron chi connectivity index (χ1n) is 3.13. The van der Waals surface area contributed by atoms with Crippen LogP contribution in [0.3, 0.4) is 0 Å². The zero-order valence-electron chi connectivity index (χ0n) is 6.02. The molecule has 0 bridgehead atoms. The molecule has 0 aliphatic carbocycles. The minimum atomic E-state index is 1.05. The van der Waals surface area contributed by atoms with Crippen LogP contribution in [0.4, 0.5) is 0 Å². The molecule has 0 aliphatic rings. The Kier molecular flexibility index (Phi) is 4.63. The highest BCUT2D eigenvalue weighted by atomic mass is 13.9. The van der Waals surface area contributed by atoms with Crippen LogP contribution in [-0.4, -0.2) is 0 Å². The van der Waals surface area contributed by atoms with Crippen molar-refractivity contribution in [2.75, 3.05) is 0 Å². The highest BCUT2D eigenvalue weighted by Crippen LogP contribution is 2.00. The maximum absolute atomic E-state index is 5.02. The number of rotatable bonds is 2. The summed E-state index contributed by atoms with van der Waals surface area (Å²) in [7, 11) is 0.